The molecule has 1 aromatic rings. The Morgan fingerprint density at radius 2 is 2.07 bits per heavy atom. The van der Waals surface area contributed by atoms with E-state index in [-0.39, 0.29) is 19.0 Å². The SMILES string of the molecule is O=C(CC1C(=S)C(NC(=S)N2CCCCN2)=CC=C1Cl)OCc1ccccc1. The molecule has 5 nitrogen and oxygen atoms in total. The summed E-state index contributed by atoms with van der Waals surface area (Å²) >= 11 is 17.4. The predicted octanol–water partition coefficient (Wildman–Crippen LogP) is 3.60. The highest BCUT2D eigenvalue weighted by atomic mass is 35.5. The molecule has 1 atom stereocenters. The van der Waals surface area contributed by atoms with Gasteiger partial charge in [-0.05, 0) is 42.8 Å². The Kier molecular flexibility index (Phi) is 7.56. The number of thiocarbonyl (C=S) groups is 2. The van der Waals surface area contributed by atoms with Crippen LogP contribution in [0.1, 0.15) is 24.8 Å². The number of esters is 1. The number of allylic oxidation sites excluding steroid dienone is 4. The fourth-order valence-electron chi connectivity index (χ4n) is 2.98. The minimum absolute atomic E-state index is 0.0920. The molecule has 1 fully saturated rings. The Balaban J connectivity index is 1.56. The average Bonchev–Trinajstić information content (AvgIpc) is 2.73. The highest BCUT2D eigenvalue weighted by Gasteiger charge is 2.28. The zero-order valence-electron chi connectivity index (χ0n) is 15.3. The summed E-state index contributed by atoms with van der Waals surface area (Å²) in [6.45, 7) is 1.97. The van der Waals surface area contributed by atoms with Crippen LogP contribution in [0.3, 0.4) is 0 Å². The van der Waals surface area contributed by atoms with E-state index in [1.165, 1.54) is 0 Å². The Labute approximate surface area is 180 Å². The topological polar surface area (TPSA) is 53.6 Å². The molecule has 0 spiro atoms. The van der Waals surface area contributed by atoms with Crippen LogP contribution in [0.5, 0.6) is 0 Å². The van der Waals surface area contributed by atoms with E-state index in [1.54, 1.807) is 12.2 Å². The van der Waals surface area contributed by atoms with Crippen LogP contribution in [0.15, 0.2) is 53.2 Å². The molecule has 0 saturated carbocycles. The van der Waals surface area contributed by atoms with E-state index in [4.69, 9.17) is 40.8 Å². The van der Waals surface area contributed by atoms with Crippen molar-refractivity contribution < 1.29 is 9.53 Å². The maximum atomic E-state index is 12.3. The van der Waals surface area contributed by atoms with Crippen LogP contribution in [0.4, 0.5) is 0 Å². The number of nitrogens with one attached hydrogen (secondary N) is 2. The summed E-state index contributed by atoms with van der Waals surface area (Å²) in [6, 6.07) is 9.54. The van der Waals surface area contributed by atoms with Gasteiger partial charge in [-0.1, -0.05) is 54.2 Å². The summed E-state index contributed by atoms with van der Waals surface area (Å²) in [5.74, 6) is -0.742. The van der Waals surface area contributed by atoms with Crippen molar-refractivity contribution in [3.63, 3.8) is 0 Å². The van der Waals surface area contributed by atoms with Gasteiger partial charge in [-0.25, -0.2) is 5.43 Å². The molecular weight excluding hydrogens is 414 g/mol. The highest BCUT2D eigenvalue weighted by Crippen LogP contribution is 2.28. The van der Waals surface area contributed by atoms with Gasteiger partial charge in [0.25, 0.3) is 0 Å². The number of rotatable bonds is 5. The smallest absolute Gasteiger partial charge is 0.307 e. The second-order valence-electron chi connectivity index (χ2n) is 6.60. The summed E-state index contributed by atoms with van der Waals surface area (Å²) in [4.78, 5) is 12.9. The van der Waals surface area contributed by atoms with Crippen LogP contribution in [-0.4, -0.2) is 34.0 Å². The monoisotopic (exact) mass is 435 g/mol. The Hall–Kier alpha value is -1.80. The van der Waals surface area contributed by atoms with Gasteiger partial charge in [0.05, 0.1) is 12.1 Å². The van der Waals surface area contributed by atoms with Crippen molar-refractivity contribution >= 4 is 52.0 Å². The zero-order valence-corrected chi connectivity index (χ0v) is 17.7. The van der Waals surface area contributed by atoms with Gasteiger partial charge in [-0.15, -0.1) is 0 Å². The highest BCUT2D eigenvalue weighted by molar-refractivity contribution is 7.81. The lowest BCUT2D eigenvalue weighted by atomic mass is 9.94. The van der Waals surface area contributed by atoms with Crippen LogP contribution in [0, 0.1) is 5.92 Å². The predicted molar refractivity (Wildman–Crippen MR) is 119 cm³/mol. The average molecular weight is 436 g/mol. The van der Waals surface area contributed by atoms with Gasteiger partial charge in [0.2, 0.25) is 0 Å². The van der Waals surface area contributed by atoms with E-state index in [0.29, 0.717) is 20.7 Å². The third-order valence-electron chi connectivity index (χ3n) is 4.54. The van der Waals surface area contributed by atoms with Crippen molar-refractivity contribution in [1.29, 1.82) is 0 Å². The molecule has 0 bridgehead atoms. The maximum Gasteiger partial charge on any atom is 0.307 e. The summed E-state index contributed by atoms with van der Waals surface area (Å²) < 4.78 is 5.37. The lowest BCUT2D eigenvalue weighted by Crippen LogP contribution is -2.51. The molecule has 2 N–H and O–H groups in total. The molecule has 3 rings (SSSR count). The minimum atomic E-state index is -0.399. The molecule has 1 aromatic carbocycles. The molecular formula is C20H22ClN3O2S2. The molecule has 1 aliphatic heterocycles. The van der Waals surface area contributed by atoms with Crippen LogP contribution < -0.4 is 10.7 Å². The Morgan fingerprint density at radius 1 is 1.29 bits per heavy atom. The van der Waals surface area contributed by atoms with Crippen LogP contribution >= 0.6 is 36.0 Å². The van der Waals surface area contributed by atoms with E-state index in [2.05, 4.69) is 10.7 Å². The molecule has 8 heteroatoms. The number of hydrazine groups is 1. The summed E-state index contributed by atoms with van der Waals surface area (Å²) in [5.41, 5.74) is 4.88. The molecule has 0 aromatic heterocycles. The molecule has 0 amide bonds. The number of hydrogen-bond donors (Lipinski definition) is 2. The quantitative estimate of drug-likeness (QED) is 0.541. The fraction of sp³-hybridized carbons (Fsp3) is 0.350. The van der Waals surface area contributed by atoms with Gasteiger partial charge >= 0.3 is 5.97 Å². The maximum absolute atomic E-state index is 12.3. The van der Waals surface area contributed by atoms with Crippen molar-refractivity contribution in [2.75, 3.05) is 13.1 Å². The lowest BCUT2D eigenvalue weighted by molar-refractivity contribution is -0.145. The van der Waals surface area contributed by atoms with E-state index in [1.807, 2.05) is 35.3 Å². The van der Waals surface area contributed by atoms with Gasteiger partial charge < -0.3 is 10.1 Å². The molecule has 1 unspecified atom stereocenters. The normalized spacial score (nSPS) is 19.5. The van der Waals surface area contributed by atoms with Gasteiger partial charge in [-0.3, -0.25) is 9.80 Å². The lowest BCUT2D eigenvalue weighted by Gasteiger charge is -2.31. The third-order valence-corrected chi connectivity index (χ3v) is 5.75. The first kappa shape index (κ1) is 20.9. The largest absolute Gasteiger partial charge is 0.461 e. The number of carbonyl (C=O) groups is 1. The first-order valence-corrected chi connectivity index (χ1v) is 10.4. The Bertz CT molecular complexity index is 805. The number of ether oxygens (including phenoxy) is 1. The van der Waals surface area contributed by atoms with Crippen molar-refractivity contribution in [2.24, 2.45) is 5.92 Å². The molecule has 0 radical (unpaired) electrons. The van der Waals surface area contributed by atoms with Gasteiger partial charge in [0.1, 0.15) is 6.61 Å². The number of nitrogens with zero attached hydrogens (tertiary/aromatic N) is 1. The van der Waals surface area contributed by atoms with Crippen molar-refractivity contribution in [3.05, 3.63) is 58.8 Å². The van der Waals surface area contributed by atoms with E-state index < -0.39 is 5.92 Å². The molecule has 1 heterocycles. The van der Waals surface area contributed by atoms with Crippen molar-refractivity contribution in [1.82, 2.24) is 15.8 Å². The second kappa shape index (κ2) is 10.1. The fourth-order valence-corrected chi connectivity index (χ4v) is 3.88. The molecule has 1 saturated heterocycles. The number of carbonyl (C=O) groups excluding carboxylic acids is 1. The van der Waals surface area contributed by atoms with Crippen LogP contribution in [0.25, 0.3) is 0 Å². The summed E-state index contributed by atoms with van der Waals surface area (Å²) in [7, 11) is 0. The first-order valence-electron chi connectivity index (χ1n) is 9.18. The third kappa shape index (κ3) is 5.61. The van der Waals surface area contributed by atoms with Crippen LogP contribution in [-0.2, 0) is 16.1 Å². The van der Waals surface area contributed by atoms with Gasteiger partial charge in [0, 0.05) is 28.9 Å². The standard InChI is InChI=1S/C20H22ClN3O2S2/c21-16-8-9-17(23-20(28)24-11-5-4-10-22-24)19(27)15(16)12-18(25)26-13-14-6-2-1-3-7-14/h1-3,6-9,15,22H,4-5,10-13H2,(H,23,28). The van der Waals surface area contributed by atoms with Crippen molar-refractivity contribution in [3.8, 4) is 0 Å². The summed E-state index contributed by atoms with van der Waals surface area (Å²) in [5, 5.41) is 6.17. The van der Waals surface area contributed by atoms with Gasteiger partial charge in [0.15, 0.2) is 5.11 Å². The number of halogens is 1. The van der Waals surface area contributed by atoms with E-state index in [9.17, 15) is 4.79 Å². The number of benzene rings is 1. The molecule has 148 valence electrons. The Morgan fingerprint density at radius 3 is 2.79 bits per heavy atom. The first-order chi connectivity index (χ1) is 13.5. The van der Waals surface area contributed by atoms with Crippen molar-refractivity contribution in [2.45, 2.75) is 25.9 Å². The summed E-state index contributed by atoms with van der Waals surface area (Å²) in [6.07, 6.45) is 5.86. The van der Waals surface area contributed by atoms with E-state index in [0.717, 1.165) is 31.5 Å². The molecule has 1 aliphatic carbocycles. The van der Waals surface area contributed by atoms with Gasteiger partial charge in [-0.2, -0.15) is 0 Å². The second-order valence-corrected chi connectivity index (χ2v) is 7.86. The minimum Gasteiger partial charge on any atom is -0.461 e. The zero-order chi connectivity index (χ0) is 19.9. The molecule has 2 aliphatic rings. The van der Waals surface area contributed by atoms with Crippen LogP contribution in [0.2, 0.25) is 0 Å². The number of hydrogen-bond acceptors (Lipinski definition) is 5. The molecule has 28 heavy (non-hydrogen) atoms. The van der Waals surface area contributed by atoms with E-state index >= 15 is 0 Å².